The largest absolute Gasteiger partial charge is 0.444 e. The van der Waals surface area contributed by atoms with Gasteiger partial charge >= 0.3 is 6.09 Å². The zero-order chi connectivity index (χ0) is 16.9. The molecule has 0 unspecified atom stereocenters. The third-order valence-electron chi connectivity index (χ3n) is 3.73. The van der Waals surface area contributed by atoms with Crippen LogP contribution in [0.3, 0.4) is 0 Å². The second-order valence-electron chi connectivity index (χ2n) is 6.82. The molecule has 1 heterocycles. The lowest BCUT2D eigenvalue weighted by molar-refractivity contribution is -0.112. The van der Waals surface area contributed by atoms with E-state index < -0.39 is 17.7 Å². The van der Waals surface area contributed by atoms with Crippen LogP contribution in [0.2, 0.25) is 0 Å². The first-order valence-electron chi connectivity index (χ1n) is 7.99. The Bertz CT molecular complexity index is 524. The van der Waals surface area contributed by atoms with Crippen LogP contribution in [0.1, 0.15) is 39.2 Å². The third kappa shape index (κ3) is 5.06. The van der Waals surface area contributed by atoms with E-state index in [1.165, 1.54) is 4.90 Å². The lowest BCUT2D eigenvalue weighted by atomic mass is 10.2. The summed E-state index contributed by atoms with van der Waals surface area (Å²) in [4.78, 5) is 25.1. The van der Waals surface area contributed by atoms with E-state index in [-0.39, 0.29) is 6.04 Å². The molecule has 1 fully saturated rings. The number of hydrogen-bond acceptors (Lipinski definition) is 4. The molecule has 2 rings (SSSR count). The summed E-state index contributed by atoms with van der Waals surface area (Å²) in [6.45, 7) is 6.34. The fraction of sp³-hybridized carbons (Fsp3) is 0.556. The molecular weight excluding hydrogens is 294 g/mol. The summed E-state index contributed by atoms with van der Waals surface area (Å²) >= 11 is 0. The van der Waals surface area contributed by atoms with Crippen LogP contribution in [0.15, 0.2) is 30.3 Å². The monoisotopic (exact) mass is 319 g/mol. The molecule has 5 heteroatoms. The number of likely N-dealkylation sites (tertiary alicyclic amines) is 1. The predicted octanol–water partition coefficient (Wildman–Crippen LogP) is 3.17. The van der Waals surface area contributed by atoms with Crippen molar-refractivity contribution in [3.05, 3.63) is 35.9 Å². The maximum Gasteiger partial charge on any atom is 0.411 e. The fourth-order valence-corrected chi connectivity index (χ4v) is 2.70. The van der Waals surface area contributed by atoms with Gasteiger partial charge in [-0.3, -0.25) is 4.90 Å². The fourth-order valence-electron chi connectivity index (χ4n) is 2.70. The molecule has 1 aromatic rings. The Labute approximate surface area is 137 Å². The van der Waals surface area contributed by atoms with Gasteiger partial charge < -0.3 is 14.3 Å². The van der Waals surface area contributed by atoms with E-state index >= 15 is 0 Å². The molecule has 23 heavy (non-hydrogen) atoms. The molecule has 0 aromatic heterocycles. The Morgan fingerprint density at radius 3 is 2.57 bits per heavy atom. The Morgan fingerprint density at radius 2 is 1.96 bits per heavy atom. The Hall–Kier alpha value is -1.88. The molecule has 0 aliphatic carbocycles. The van der Waals surface area contributed by atoms with Gasteiger partial charge in [-0.15, -0.1) is 0 Å². The standard InChI is InChI=1S/C18H25NO4/c1-18(2,3)23-17(21)19-15(11-20)9-10-16(19)13-22-12-14-7-5-4-6-8-14/h4-8,11,15-16H,9-10,12-13H2,1-3H3/t15-,16+/m1/s1. The first-order valence-corrected chi connectivity index (χ1v) is 7.99. The van der Waals surface area contributed by atoms with Crippen molar-refractivity contribution in [3.8, 4) is 0 Å². The minimum Gasteiger partial charge on any atom is -0.444 e. The molecule has 2 atom stereocenters. The Morgan fingerprint density at radius 1 is 1.26 bits per heavy atom. The van der Waals surface area contributed by atoms with Crippen LogP contribution in [0.25, 0.3) is 0 Å². The predicted molar refractivity (Wildman–Crippen MR) is 87.0 cm³/mol. The van der Waals surface area contributed by atoms with Crippen molar-refractivity contribution in [2.24, 2.45) is 0 Å². The van der Waals surface area contributed by atoms with Gasteiger partial charge in [-0.2, -0.15) is 0 Å². The van der Waals surface area contributed by atoms with E-state index in [1.54, 1.807) is 0 Å². The molecule has 1 saturated heterocycles. The van der Waals surface area contributed by atoms with Gasteiger partial charge in [0.05, 0.1) is 25.3 Å². The van der Waals surface area contributed by atoms with E-state index in [2.05, 4.69) is 0 Å². The van der Waals surface area contributed by atoms with Crippen LogP contribution in [-0.2, 0) is 20.9 Å². The lowest BCUT2D eigenvalue weighted by Crippen LogP contribution is -2.46. The summed E-state index contributed by atoms with van der Waals surface area (Å²) in [5.41, 5.74) is 0.504. The maximum atomic E-state index is 12.4. The van der Waals surface area contributed by atoms with Gasteiger partial charge in [0, 0.05) is 0 Å². The first kappa shape index (κ1) is 17.5. The van der Waals surface area contributed by atoms with Crippen LogP contribution in [-0.4, -0.2) is 41.6 Å². The number of amides is 1. The normalized spacial score (nSPS) is 21.3. The molecule has 1 aromatic carbocycles. The minimum absolute atomic E-state index is 0.122. The van der Waals surface area contributed by atoms with Crippen LogP contribution >= 0.6 is 0 Å². The van der Waals surface area contributed by atoms with Gasteiger partial charge in [-0.05, 0) is 39.2 Å². The number of ether oxygens (including phenoxy) is 2. The number of aldehydes is 1. The summed E-state index contributed by atoms with van der Waals surface area (Å²) in [6.07, 6.45) is 1.78. The van der Waals surface area contributed by atoms with Crippen molar-refractivity contribution in [3.63, 3.8) is 0 Å². The highest BCUT2D eigenvalue weighted by Gasteiger charge is 2.39. The van der Waals surface area contributed by atoms with Crippen molar-refractivity contribution < 1.29 is 19.1 Å². The zero-order valence-corrected chi connectivity index (χ0v) is 14.0. The number of benzene rings is 1. The summed E-state index contributed by atoms with van der Waals surface area (Å²) in [6, 6.07) is 9.33. The van der Waals surface area contributed by atoms with Gasteiger partial charge in [-0.25, -0.2) is 4.79 Å². The molecule has 0 spiro atoms. The van der Waals surface area contributed by atoms with E-state index in [9.17, 15) is 9.59 Å². The van der Waals surface area contributed by atoms with Crippen molar-refractivity contribution in [1.82, 2.24) is 4.90 Å². The number of carbonyl (C=O) groups excluding carboxylic acids is 2. The summed E-state index contributed by atoms with van der Waals surface area (Å²) in [5.74, 6) is 0. The molecule has 5 nitrogen and oxygen atoms in total. The van der Waals surface area contributed by atoms with Gasteiger partial charge in [0.15, 0.2) is 0 Å². The Kier molecular flexibility index (Phi) is 5.77. The van der Waals surface area contributed by atoms with Crippen molar-refractivity contribution >= 4 is 12.4 Å². The molecule has 1 aliphatic heterocycles. The number of rotatable bonds is 5. The van der Waals surface area contributed by atoms with Crippen LogP contribution < -0.4 is 0 Å². The van der Waals surface area contributed by atoms with Gasteiger partial charge in [0.25, 0.3) is 0 Å². The second kappa shape index (κ2) is 7.59. The summed E-state index contributed by atoms with van der Waals surface area (Å²) in [7, 11) is 0. The quantitative estimate of drug-likeness (QED) is 0.782. The number of nitrogens with zero attached hydrogens (tertiary/aromatic N) is 1. The van der Waals surface area contributed by atoms with E-state index in [0.29, 0.717) is 19.6 Å². The van der Waals surface area contributed by atoms with Gasteiger partial charge in [0.1, 0.15) is 11.9 Å². The van der Waals surface area contributed by atoms with E-state index in [0.717, 1.165) is 18.3 Å². The smallest absolute Gasteiger partial charge is 0.411 e. The number of carbonyl (C=O) groups is 2. The Balaban J connectivity index is 1.93. The number of hydrogen-bond donors (Lipinski definition) is 0. The first-order chi connectivity index (χ1) is 10.9. The van der Waals surface area contributed by atoms with Crippen LogP contribution in [0, 0.1) is 0 Å². The third-order valence-corrected chi connectivity index (χ3v) is 3.73. The van der Waals surface area contributed by atoms with Crippen molar-refractivity contribution in [2.45, 2.75) is 57.9 Å². The highest BCUT2D eigenvalue weighted by molar-refractivity contribution is 5.75. The van der Waals surface area contributed by atoms with E-state index in [4.69, 9.17) is 9.47 Å². The molecule has 126 valence electrons. The molecule has 0 radical (unpaired) electrons. The van der Waals surface area contributed by atoms with Crippen LogP contribution in [0.5, 0.6) is 0 Å². The zero-order valence-electron chi connectivity index (χ0n) is 14.0. The SMILES string of the molecule is CC(C)(C)OC(=O)N1[C@H](COCc2ccccc2)CC[C@@H]1C=O. The molecule has 0 bridgehead atoms. The van der Waals surface area contributed by atoms with Gasteiger partial charge in [0.2, 0.25) is 0 Å². The average molecular weight is 319 g/mol. The lowest BCUT2D eigenvalue weighted by Gasteiger charge is -2.30. The average Bonchev–Trinajstić information content (AvgIpc) is 2.90. The van der Waals surface area contributed by atoms with Gasteiger partial charge in [-0.1, -0.05) is 30.3 Å². The van der Waals surface area contributed by atoms with Crippen molar-refractivity contribution in [1.29, 1.82) is 0 Å². The second-order valence-corrected chi connectivity index (χ2v) is 6.82. The van der Waals surface area contributed by atoms with E-state index in [1.807, 2.05) is 51.1 Å². The van der Waals surface area contributed by atoms with Crippen molar-refractivity contribution in [2.75, 3.05) is 6.61 Å². The highest BCUT2D eigenvalue weighted by Crippen LogP contribution is 2.26. The topological polar surface area (TPSA) is 55.8 Å². The van der Waals surface area contributed by atoms with Crippen LogP contribution in [0.4, 0.5) is 4.79 Å². The minimum atomic E-state index is -0.581. The molecule has 0 saturated carbocycles. The summed E-state index contributed by atoms with van der Waals surface area (Å²) < 4.78 is 11.2. The maximum absolute atomic E-state index is 12.4. The molecule has 1 amide bonds. The summed E-state index contributed by atoms with van der Waals surface area (Å²) in [5, 5.41) is 0. The molecule has 0 N–H and O–H groups in total. The highest BCUT2D eigenvalue weighted by atomic mass is 16.6. The molecule has 1 aliphatic rings. The molecular formula is C18H25NO4.